The van der Waals surface area contributed by atoms with Crippen LogP contribution in [0.25, 0.3) is 0 Å². The predicted octanol–water partition coefficient (Wildman–Crippen LogP) is 2.76. The zero-order valence-electron chi connectivity index (χ0n) is 8.71. The maximum atomic E-state index is 13.5. The van der Waals surface area contributed by atoms with Crippen LogP contribution >= 0.6 is 0 Å². The highest BCUT2D eigenvalue weighted by Crippen LogP contribution is 2.47. The highest BCUT2D eigenvalue weighted by Gasteiger charge is 2.48. The average molecular weight is 211 g/mol. The van der Waals surface area contributed by atoms with Gasteiger partial charge >= 0.3 is 0 Å². The van der Waals surface area contributed by atoms with Crippen molar-refractivity contribution in [3.63, 3.8) is 0 Å². The second kappa shape index (κ2) is 3.56. The van der Waals surface area contributed by atoms with Crippen molar-refractivity contribution >= 4 is 0 Å². The molecule has 15 heavy (non-hydrogen) atoms. The highest BCUT2D eigenvalue weighted by atomic mass is 19.1. The Hall–Kier alpha value is -0.960. The van der Waals surface area contributed by atoms with E-state index >= 15 is 0 Å². The fraction of sp³-hybridized carbons (Fsp3) is 0.500. The Morgan fingerprint density at radius 2 is 2.07 bits per heavy atom. The molecule has 2 unspecified atom stereocenters. The monoisotopic (exact) mass is 211 g/mol. The summed E-state index contributed by atoms with van der Waals surface area (Å²) < 4.78 is 26.6. The molecule has 2 N–H and O–H groups in total. The second-order valence-electron chi connectivity index (χ2n) is 4.44. The number of halogens is 2. The van der Waals surface area contributed by atoms with Crippen LogP contribution in [-0.2, 0) is 0 Å². The quantitative estimate of drug-likeness (QED) is 0.817. The van der Waals surface area contributed by atoms with Gasteiger partial charge in [-0.1, -0.05) is 12.1 Å². The Morgan fingerprint density at radius 3 is 2.53 bits per heavy atom. The molecule has 0 spiro atoms. The van der Waals surface area contributed by atoms with Crippen LogP contribution in [-0.4, -0.2) is 11.7 Å². The summed E-state index contributed by atoms with van der Waals surface area (Å²) in [6.45, 7) is 1.49. The maximum absolute atomic E-state index is 13.5. The molecule has 1 aliphatic rings. The third-order valence-electron chi connectivity index (χ3n) is 3.11. The van der Waals surface area contributed by atoms with Crippen molar-refractivity contribution in [1.29, 1.82) is 0 Å². The van der Waals surface area contributed by atoms with E-state index in [1.807, 2.05) is 0 Å². The molecule has 1 aromatic carbocycles. The minimum atomic E-state index is -1.04. The van der Waals surface area contributed by atoms with Gasteiger partial charge in [0.1, 0.15) is 12.0 Å². The number of nitrogens with two attached hydrogens (primary N) is 1. The van der Waals surface area contributed by atoms with Crippen LogP contribution < -0.4 is 5.73 Å². The first kappa shape index (κ1) is 10.6. The summed E-state index contributed by atoms with van der Waals surface area (Å²) in [6.07, 6.45) is 0.601. The summed E-state index contributed by atoms with van der Waals surface area (Å²) in [5.41, 5.74) is 6.23. The molecule has 0 radical (unpaired) electrons. The van der Waals surface area contributed by atoms with E-state index in [1.165, 1.54) is 19.1 Å². The summed E-state index contributed by atoms with van der Waals surface area (Å²) in [6, 6.07) is 6.09. The number of alkyl halides is 1. The smallest absolute Gasteiger partial charge is 0.123 e. The van der Waals surface area contributed by atoms with Crippen molar-refractivity contribution in [2.24, 2.45) is 5.73 Å². The van der Waals surface area contributed by atoms with Crippen molar-refractivity contribution < 1.29 is 8.78 Å². The lowest BCUT2D eigenvalue weighted by Gasteiger charge is -2.25. The van der Waals surface area contributed by atoms with Crippen LogP contribution in [0.4, 0.5) is 8.78 Å². The van der Waals surface area contributed by atoms with E-state index in [4.69, 9.17) is 5.73 Å². The van der Waals surface area contributed by atoms with Gasteiger partial charge in [-0.3, -0.25) is 0 Å². The molecule has 0 amide bonds. The topological polar surface area (TPSA) is 26.0 Å². The van der Waals surface area contributed by atoms with Gasteiger partial charge in [0.25, 0.3) is 0 Å². The normalized spacial score (nSPS) is 22.1. The van der Waals surface area contributed by atoms with Crippen molar-refractivity contribution in [3.05, 3.63) is 35.6 Å². The van der Waals surface area contributed by atoms with Crippen LogP contribution in [0, 0.1) is 5.82 Å². The van der Waals surface area contributed by atoms with Crippen LogP contribution in [0.15, 0.2) is 24.3 Å². The Bertz CT molecular complexity index is 358. The van der Waals surface area contributed by atoms with Gasteiger partial charge < -0.3 is 5.73 Å². The third-order valence-corrected chi connectivity index (χ3v) is 3.11. The van der Waals surface area contributed by atoms with Crippen LogP contribution in [0.1, 0.15) is 31.2 Å². The summed E-state index contributed by atoms with van der Waals surface area (Å²) in [5, 5.41) is 0. The van der Waals surface area contributed by atoms with Crippen molar-refractivity contribution in [3.8, 4) is 0 Å². The predicted molar refractivity (Wildman–Crippen MR) is 55.9 cm³/mol. The number of hydrogen-bond donors (Lipinski definition) is 1. The fourth-order valence-electron chi connectivity index (χ4n) is 2.21. The van der Waals surface area contributed by atoms with E-state index in [1.54, 1.807) is 12.1 Å². The second-order valence-corrected chi connectivity index (χ2v) is 4.44. The summed E-state index contributed by atoms with van der Waals surface area (Å²) >= 11 is 0. The summed E-state index contributed by atoms with van der Waals surface area (Å²) in [5.74, 6) is -0.712. The van der Waals surface area contributed by atoms with Gasteiger partial charge in [-0.15, -0.1) is 0 Å². The van der Waals surface area contributed by atoms with Gasteiger partial charge in [0.05, 0.1) is 0 Å². The Morgan fingerprint density at radius 1 is 1.40 bits per heavy atom. The Labute approximate surface area is 88.3 Å². The van der Waals surface area contributed by atoms with Gasteiger partial charge in [0.15, 0.2) is 0 Å². The first-order chi connectivity index (χ1) is 7.03. The molecule has 1 aromatic rings. The number of hydrogen-bond acceptors (Lipinski definition) is 1. The highest BCUT2D eigenvalue weighted by molar-refractivity contribution is 5.29. The lowest BCUT2D eigenvalue weighted by atomic mass is 9.86. The molecule has 1 saturated carbocycles. The van der Waals surface area contributed by atoms with Gasteiger partial charge in [0.2, 0.25) is 0 Å². The van der Waals surface area contributed by atoms with Crippen molar-refractivity contribution in [1.82, 2.24) is 0 Å². The first-order valence-electron chi connectivity index (χ1n) is 5.21. The molecule has 0 heterocycles. The molecule has 3 heteroatoms. The Kier molecular flexibility index (Phi) is 2.51. The average Bonchev–Trinajstić information content (AvgIpc) is 2.83. The standard InChI is InChI=1S/C12H15F2N/c1-8(13)11(12(15)5-6-12)9-3-2-4-10(14)7-9/h2-4,7-8,11H,5-6,15H2,1H3. The van der Waals surface area contributed by atoms with Crippen LogP contribution in [0.2, 0.25) is 0 Å². The zero-order valence-corrected chi connectivity index (χ0v) is 8.71. The lowest BCUT2D eigenvalue weighted by Crippen LogP contribution is -2.35. The van der Waals surface area contributed by atoms with Crippen molar-refractivity contribution in [2.45, 2.75) is 37.4 Å². The molecule has 0 aliphatic heterocycles. The molecule has 2 atom stereocenters. The molecule has 1 nitrogen and oxygen atoms in total. The number of benzene rings is 1. The van der Waals surface area contributed by atoms with E-state index in [-0.39, 0.29) is 11.7 Å². The van der Waals surface area contributed by atoms with Gasteiger partial charge in [0, 0.05) is 11.5 Å². The molecular formula is C12H15F2N. The van der Waals surface area contributed by atoms with Gasteiger partial charge in [-0.05, 0) is 37.5 Å². The zero-order chi connectivity index (χ0) is 11.1. The minimum Gasteiger partial charge on any atom is -0.324 e. The summed E-state index contributed by atoms with van der Waals surface area (Å²) in [4.78, 5) is 0. The van der Waals surface area contributed by atoms with E-state index in [0.29, 0.717) is 5.56 Å². The summed E-state index contributed by atoms with van der Waals surface area (Å²) in [7, 11) is 0. The fourth-order valence-corrected chi connectivity index (χ4v) is 2.21. The molecule has 1 fully saturated rings. The molecule has 2 rings (SSSR count). The van der Waals surface area contributed by atoms with E-state index in [9.17, 15) is 8.78 Å². The molecular weight excluding hydrogens is 196 g/mol. The van der Waals surface area contributed by atoms with Gasteiger partial charge in [-0.25, -0.2) is 8.78 Å². The van der Waals surface area contributed by atoms with Crippen LogP contribution in [0.5, 0.6) is 0 Å². The molecule has 0 aromatic heterocycles. The molecule has 0 saturated heterocycles. The molecule has 0 bridgehead atoms. The molecule has 82 valence electrons. The lowest BCUT2D eigenvalue weighted by molar-refractivity contribution is 0.268. The number of rotatable bonds is 3. The SMILES string of the molecule is CC(F)C(c1cccc(F)c1)C1(N)CC1. The van der Waals surface area contributed by atoms with Crippen molar-refractivity contribution in [2.75, 3.05) is 0 Å². The van der Waals surface area contributed by atoms with Crippen LogP contribution in [0.3, 0.4) is 0 Å². The molecule has 1 aliphatic carbocycles. The van der Waals surface area contributed by atoms with E-state index in [0.717, 1.165) is 12.8 Å². The first-order valence-corrected chi connectivity index (χ1v) is 5.21. The van der Waals surface area contributed by atoms with E-state index in [2.05, 4.69) is 0 Å². The van der Waals surface area contributed by atoms with Gasteiger partial charge in [-0.2, -0.15) is 0 Å². The largest absolute Gasteiger partial charge is 0.324 e. The Balaban J connectivity index is 2.33. The maximum Gasteiger partial charge on any atom is 0.123 e. The minimum absolute atomic E-state index is 0.331. The third kappa shape index (κ3) is 2.02. The van der Waals surface area contributed by atoms with E-state index < -0.39 is 11.7 Å².